The molecular formula is C17H20FNO3. The summed E-state index contributed by atoms with van der Waals surface area (Å²) in [6, 6.07) is 6.15. The lowest BCUT2D eigenvalue weighted by atomic mass is 10.0. The van der Waals surface area contributed by atoms with Crippen LogP contribution in [0.2, 0.25) is 0 Å². The Kier molecular flexibility index (Phi) is 5.33. The highest BCUT2D eigenvalue weighted by atomic mass is 19.1. The van der Waals surface area contributed by atoms with E-state index in [0.717, 1.165) is 0 Å². The normalized spacial score (nSPS) is 10.8. The molecule has 0 atom stereocenters. The van der Waals surface area contributed by atoms with E-state index in [9.17, 15) is 9.50 Å². The topological polar surface area (TPSA) is 51.6 Å². The number of aromatic nitrogens is 1. The predicted molar refractivity (Wildman–Crippen MR) is 82.4 cm³/mol. The number of pyridine rings is 1. The number of hydrogen-bond donors (Lipinski definition) is 1. The number of halogens is 1. The van der Waals surface area contributed by atoms with E-state index < -0.39 is 0 Å². The summed E-state index contributed by atoms with van der Waals surface area (Å²) in [5.41, 5.74) is 1.37. The smallest absolute Gasteiger partial charge is 0.131 e. The van der Waals surface area contributed by atoms with Crippen LogP contribution in [0.3, 0.4) is 0 Å². The number of methoxy groups -OCH3 is 1. The van der Waals surface area contributed by atoms with Crippen molar-refractivity contribution < 1.29 is 19.0 Å². The second kappa shape index (κ2) is 7.22. The minimum Gasteiger partial charge on any atom is -0.497 e. The molecule has 0 aliphatic heterocycles. The fraction of sp³-hybridized carbons (Fsp3) is 0.353. The van der Waals surface area contributed by atoms with Gasteiger partial charge in [0.25, 0.3) is 0 Å². The Morgan fingerprint density at radius 3 is 2.64 bits per heavy atom. The monoisotopic (exact) mass is 305 g/mol. The van der Waals surface area contributed by atoms with Crippen LogP contribution in [-0.4, -0.2) is 23.8 Å². The summed E-state index contributed by atoms with van der Waals surface area (Å²) in [5, 5.41) is 9.23. The molecule has 2 aromatic rings. The van der Waals surface area contributed by atoms with Crippen LogP contribution in [0.5, 0.6) is 11.5 Å². The highest BCUT2D eigenvalue weighted by Crippen LogP contribution is 2.34. The summed E-state index contributed by atoms with van der Waals surface area (Å²) in [7, 11) is 1.53. The highest BCUT2D eigenvalue weighted by molar-refractivity contribution is 5.71. The van der Waals surface area contributed by atoms with Gasteiger partial charge in [0.2, 0.25) is 0 Å². The third kappa shape index (κ3) is 3.74. The van der Waals surface area contributed by atoms with E-state index in [1.54, 1.807) is 18.2 Å². The number of nitrogens with zero attached hydrogens (tertiary/aromatic N) is 1. The van der Waals surface area contributed by atoms with Crippen LogP contribution in [0, 0.1) is 11.7 Å². The second-order valence-corrected chi connectivity index (χ2v) is 5.38. The molecule has 0 spiro atoms. The lowest BCUT2D eigenvalue weighted by Gasteiger charge is -2.15. The van der Waals surface area contributed by atoms with Gasteiger partial charge >= 0.3 is 0 Å². The first kappa shape index (κ1) is 16.2. The molecule has 22 heavy (non-hydrogen) atoms. The zero-order valence-corrected chi connectivity index (χ0v) is 13.0. The zero-order chi connectivity index (χ0) is 16.1. The maximum absolute atomic E-state index is 14.2. The molecule has 0 aliphatic rings. The van der Waals surface area contributed by atoms with Crippen LogP contribution in [0.15, 0.2) is 30.5 Å². The van der Waals surface area contributed by atoms with Gasteiger partial charge in [-0.25, -0.2) is 4.39 Å². The molecule has 1 aromatic carbocycles. The molecule has 1 N–H and O–H groups in total. The first-order valence-electron chi connectivity index (χ1n) is 7.11. The van der Waals surface area contributed by atoms with Crippen molar-refractivity contribution in [3.8, 4) is 22.6 Å². The van der Waals surface area contributed by atoms with Crippen LogP contribution in [-0.2, 0) is 6.61 Å². The van der Waals surface area contributed by atoms with E-state index in [2.05, 4.69) is 4.98 Å². The van der Waals surface area contributed by atoms with Gasteiger partial charge in [-0.3, -0.25) is 4.98 Å². The fourth-order valence-electron chi connectivity index (χ4n) is 1.98. The van der Waals surface area contributed by atoms with Crippen molar-refractivity contribution in [1.82, 2.24) is 4.98 Å². The first-order chi connectivity index (χ1) is 10.5. The number of benzene rings is 1. The molecular weight excluding hydrogens is 285 g/mol. The molecule has 0 unspecified atom stereocenters. The van der Waals surface area contributed by atoms with Gasteiger partial charge in [0.15, 0.2) is 0 Å². The van der Waals surface area contributed by atoms with Gasteiger partial charge in [-0.1, -0.05) is 13.8 Å². The van der Waals surface area contributed by atoms with Gasteiger partial charge in [-0.2, -0.15) is 0 Å². The van der Waals surface area contributed by atoms with Gasteiger partial charge in [0.05, 0.1) is 26.0 Å². The number of rotatable bonds is 6. The molecule has 0 radical (unpaired) electrons. The SMILES string of the molecule is COc1ccc(F)c(-c2cnc(CO)cc2OCC(C)C)c1. The second-order valence-electron chi connectivity index (χ2n) is 5.38. The molecule has 0 saturated heterocycles. The lowest BCUT2D eigenvalue weighted by Crippen LogP contribution is -2.06. The molecule has 1 aromatic heterocycles. The molecule has 0 amide bonds. The molecule has 1 heterocycles. The van der Waals surface area contributed by atoms with Crippen LogP contribution in [0.25, 0.3) is 11.1 Å². The summed E-state index contributed by atoms with van der Waals surface area (Å²) >= 11 is 0. The van der Waals surface area contributed by atoms with E-state index in [-0.39, 0.29) is 12.4 Å². The Balaban J connectivity index is 2.49. The van der Waals surface area contributed by atoms with E-state index in [1.807, 2.05) is 13.8 Å². The third-order valence-electron chi connectivity index (χ3n) is 3.12. The average Bonchev–Trinajstić information content (AvgIpc) is 2.53. The van der Waals surface area contributed by atoms with Gasteiger partial charge in [-0.05, 0) is 24.1 Å². The minimum atomic E-state index is -0.381. The largest absolute Gasteiger partial charge is 0.497 e. The van der Waals surface area contributed by atoms with Crippen LogP contribution in [0.4, 0.5) is 4.39 Å². The van der Waals surface area contributed by atoms with Gasteiger partial charge < -0.3 is 14.6 Å². The average molecular weight is 305 g/mol. The molecule has 118 valence electrons. The van der Waals surface area contributed by atoms with Crippen molar-refractivity contribution in [2.75, 3.05) is 13.7 Å². The molecule has 0 saturated carbocycles. The summed E-state index contributed by atoms with van der Waals surface area (Å²) in [6.45, 7) is 4.35. The molecule has 0 fully saturated rings. The van der Waals surface area contributed by atoms with Crippen LogP contribution >= 0.6 is 0 Å². The quantitative estimate of drug-likeness (QED) is 0.888. The van der Waals surface area contributed by atoms with Crippen LogP contribution < -0.4 is 9.47 Å². The Morgan fingerprint density at radius 1 is 1.23 bits per heavy atom. The number of ether oxygens (including phenoxy) is 2. The fourth-order valence-corrected chi connectivity index (χ4v) is 1.98. The Morgan fingerprint density at radius 2 is 2.00 bits per heavy atom. The maximum Gasteiger partial charge on any atom is 0.131 e. The van der Waals surface area contributed by atoms with Crippen molar-refractivity contribution in [3.05, 3.63) is 42.0 Å². The maximum atomic E-state index is 14.2. The standard InChI is InChI=1S/C17H20FNO3/c1-11(2)10-22-17-6-12(9-20)19-8-15(17)14-7-13(21-3)4-5-16(14)18/h4-8,11,20H,9-10H2,1-3H3. The Labute approximate surface area is 129 Å². The van der Waals surface area contributed by atoms with Crippen molar-refractivity contribution in [2.24, 2.45) is 5.92 Å². The minimum absolute atomic E-state index is 0.196. The molecule has 2 rings (SSSR count). The number of aliphatic hydroxyl groups excluding tert-OH is 1. The third-order valence-corrected chi connectivity index (χ3v) is 3.12. The summed E-state index contributed by atoms with van der Waals surface area (Å²) in [5.74, 6) is 1.000. The summed E-state index contributed by atoms with van der Waals surface area (Å²) in [6.07, 6.45) is 1.51. The number of hydrogen-bond acceptors (Lipinski definition) is 4. The molecule has 4 nitrogen and oxygen atoms in total. The van der Waals surface area contributed by atoms with Gasteiger partial charge in [0.1, 0.15) is 17.3 Å². The Bertz CT molecular complexity index is 644. The first-order valence-corrected chi connectivity index (χ1v) is 7.11. The van der Waals surface area contributed by atoms with Crippen molar-refractivity contribution in [3.63, 3.8) is 0 Å². The summed E-state index contributed by atoms with van der Waals surface area (Å²) < 4.78 is 25.1. The van der Waals surface area contributed by atoms with E-state index >= 15 is 0 Å². The van der Waals surface area contributed by atoms with E-state index in [4.69, 9.17) is 9.47 Å². The molecule has 0 aliphatic carbocycles. The van der Waals surface area contributed by atoms with Crippen molar-refractivity contribution >= 4 is 0 Å². The predicted octanol–water partition coefficient (Wildman–Crippen LogP) is 3.42. The molecule has 0 bridgehead atoms. The zero-order valence-electron chi connectivity index (χ0n) is 13.0. The number of aliphatic hydroxyl groups is 1. The van der Waals surface area contributed by atoms with Gasteiger partial charge in [-0.15, -0.1) is 0 Å². The van der Waals surface area contributed by atoms with Gasteiger partial charge in [0, 0.05) is 23.4 Å². The van der Waals surface area contributed by atoms with E-state index in [1.165, 1.54) is 19.4 Å². The highest BCUT2D eigenvalue weighted by Gasteiger charge is 2.14. The van der Waals surface area contributed by atoms with E-state index in [0.29, 0.717) is 40.8 Å². The Hall–Kier alpha value is -2.14. The van der Waals surface area contributed by atoms with Crippen molar-refractivity contribution in [1.29, 1.82) is 0 Å². The van der Waals surface area contributed by atoms with Crippen LogP contribution in [0.1, 0.15) is 19.5 Å². The lowest BCUT2D eigenvalue weighted by molar-refractivity contribution is 0.263. The molecule has 5 heteroatoms. The van der Waals surface area contributed by atoms with Crippen molar-refractivity contribution in [2.45, 2.75) is 20.5 Å². The summed E-state index contributed by atoms with van der Waals surface area (Å²) in [4.78, 5) is 4.12.